The number of hydrogen-bond donors (Lipinski definition) is 2. The van der Waals surface area contributed by atoms with Gasteiger partial charge in [-0.15, -0.1) is 0 Å². The number of rotatable bonds is 0. The molecule has 1 aromatic rings. The number of aliphatic hydroxyl groups excluding tert-OH is 1. The van der Waals surface area contributed by atoms with E-state index < -0.39 is 0 Å². The minimum Gasteiger partial charge on any atom is -0.508 e. The highest BCUT2D eigenvalue weighted by Crippen LogP contribution is 2.41. The maximum Gasteiger partial charge on any atom is 0.119 e. The molecule has 12 heavy (non-hydrogen) atoms. The standard InChI is InChI=1S/C9H9IO2/c10-9-5-2-1-3-7(11)6(5)4-8(9)12/h1-3,8-9,11-12H,4H2/t8-,9+/m1/s1. The van der Waals surface area contributed by atoms with Gasteiger partial charge in [-0.2, -0.15) is 0 Å². The Morgan fingerprint density at radius 3 is 2.83 bits per heavy atom. The summed E-state index contributed by atoms with van der Waals surface area (Å²) in [7, 11) is 0. The molecular weight excluding hydrogens is 267 g/mol. The summed E-state index contributed by atoms with van der Waals surface area (Å²) in [5, 5.41) is 19.0. The number of aliphatic hydroxyl groups is 1. The minimum atomic E-state index is -0.339. The van der Waals surface area contributed by atoms with Crippen LogP contribution in [0.25, 0.3) is 0 Å². The van der Waals surface area contributed by atoms with Crippen molar-refractivity contribution in [3.8, 4) is 5.75 Å². The molecule has 0 fully saturated rings. The molecule has 2 N–H and O–H groups in total. The highest BCUT2D eigenvalue weighted by molar-refractivity contribution is 14.1. The van der Waals surface area contributed by atoms with Crippen LogP contribution in [-0.4, -0.2) is 16.3 Å². The fourth-order valence-electron chi connectivity index (χ4n) is 1.59. The Labute approximate surface area is 84.4 Å². The second-order valence-corrected chi connectivity index (χ2v) is 4.36. The topological polar surface area (TPSA) is 40.5 Å². The van der Waals surface area contributed by atoms with E-state index in [1.54, 1.807) is 6.07 Å². The average molecular weight is 276 g/mol. The quantitative estimate of drug-likeness (QED) is 0.560. The molecule has 0 spiro atoms. The third-order valence-corrected chi connectivity index (χ3v) is 3.74. The molecule has 0 radical (unpaired) electrons. The van der Waals surface area contributed by atoms with Crippen molar-refractivity contribution in [2.24, 2.45) is 0 Å². The lowest BCUT2D eigenvalue weighted by molar-refractivity contribution is 0.187. The van der Waals surface area contributed by atoms with E-state index in [2.05, 4.69) is 22.6 Å². The van der Waals surface area contributed by atoms with Gasteiger partial charge in [0, 0.05) is 12.0 Å². The summed E-state index contributed by atoms with van der Waals surface area (Å²) in [6, 6.07) is 5.44. The molecule has 0 saturated heterocycles. The second-order valence-electron chi connectivity index (χ2n) is 3.02. The molecule has 0 aliphatic heterocycles. The summed E-state index contributed by atoms with van der Waals surface area (Å²) in [5.74, 6) is 0.311. The van der Waals surface area contributed by atoms with E-state index in [-0.39, 0.29) is 10.0 Å². The van der Waals surface area contributed by atoms with Gasteiger partial charge in [0.1, 0.15) is 5.75 Å². The van der Waals surface area contributed by atoms with Crippen LogP contribution < -0.4 is 0 Å². The summed E-state index contributed by atoms with van der Waals surface area (Å²) in [5.41, 5.74) is 1.98. The molecule has 1 aliphatic carbocycles. The zero-order chi connectivity index (χ0) is 8.72. The Balaban J connectivity index is 2.53. The summed E-state index contributed by atoms with van der Waals surface area (Å²) in [4.78, 5) is 0. The second kappa shape index (κ2) is 2.88. The van der Waals surface area contributed by atoms with Gasteiger partial charge in [0.15, 0.2) is 0 Å². The fourth-order valence-corrected chi connectivity index (χ4v) is 2.43. The number of halogens is 1. The number of fused-ring (bicyclic) bond motifs is 1. The van der Waals surface area contributed by atoms with Crippen LogP contribution >= 0.6 is 22.6 Å². The third-order valence-electron chi connectivity index (χ3n) is 2.24. The first-order valence-corrected chi connectivity index (χ1v) is 5.07. The van der Waals surface area contributed by atoms with Crippen LogP contribution in [0.2, 0.25) is 0 Å². The SMILES string of the molecule is Oc1cccc2c1C[C@@H](O)[C@H]2I. The predicted octanol–water partition coefficient (Wildman–Crippen LogP) is 1.79. The molecule has 0 amide bonds. The summed E-state index contributed by atoms with van der Waals surface area (Å²) < 4.78 is 0.129. The number of hydrogen-bond acceptors (Lipinski definition) is 2. The van der Waals surface area contributed by atoms with Gasteiger partial charge >= 0.3 is 0 Å². The van der Waals surface area contributed by atoms with Gasteiger partial charge in [-0.1, -0.05) is 34.7 Å². The number of alkyl halides is 1. The number of phenols is 1. The lowest BCUT2D eigenvalue weighted by Crippen LogP contribution is -2.06. The number of phenolic OH excluding ortho intramolecular Hbond substituents is 1. The van der Waals surface area contributed by atoms with Crippen molar-refractivity contribution in [2.45, 2.75) is 16.4 Å². The lowest BCUT2D eigenvalue weighted by atomic mass is 10.1. The van der Waals surface area contributed by atoms with E-state index in [0.29, 0.717) is 12.2 Å². The predicted molar refractivity (Wildman–Crippen MR) is 54.6 cm³/mol. The Morgan fingerprint density at radius 1 is 1.42 bits per heavy atom. The Bertz CT molecular complexity index is 311. The van der Waals surface area contributed by atoms with Crippen LogP contribution in [0.4, 0.5) is 0 Å². The van der Waals surface area contributed by atoms with Gasteiger partial charge in [-0.25, -0.2) is 0 Å². The molecule has 2 atom stereocenters. The zero-order valence-corrected chi connectivity index (χ0v) is 8.52. The van der Waals surface area contributed by atoms with Gasteiger partial charge < -0.3 is 10.2 Å². The first-order valence-electron chi connectivity index (χ1n) is 3.83. The van der Waals surface area contributed by atoms with E-state index in [1.807, 2.05) is 12.1 Å². The van der Waals surface area contributed by atoms with Gasteiger partial charge in [-0.3, -0.25) is 0 Å². The third kappa shape index (κ3) is 1.11. The normalized spacial score (nSPS) is 27.2. The molecule has 0 bridgehead atoms. The summed E-state index contributed by atoms with van der Waals surface area (Å²) in [6.07, 6.45) is 0.240. The smallest absolute Gasteiger partial charge is 0.119 e. The lowest BCUT2D eigenvalue weighted by Gasteiger charge is -2.05. The van der Waals surface area contributed by atoms with Crippen molar-refractivity contribution >= 4 is 22.6 Å². The molecule has 0 heterocycles. The fraction of sp³-hybridized carbons (Fsp3) is 0.333. The molecule has 0 saturated carbocycles. The molecule has 64 valence electrons. The van der Waals surface area contributed by atoms with Crippen LogP contribution in [0.5, 0.6) is 5.75 Å². The maximum atomic E-state index is 9.52. The van der Waals surface area contributed by atoms with Crippen LogP contribution in [0.1, 0.15) is 15.1 Å². The summed E-state index contributed by atoms with van der Waals surface area (Å²) >= 11 is 2.21. The molecule has 2 nitrogen and oxygen atoms in total. The molecule has 0 unspecified atom stereocenters. The first kappa shape index (κ1) is 8.31. The van der Waals surface area contributed by atoms with Gasteiger partial charge in [0.05, 0.1) is 10.0 Å². The largest absolute Gasteiger partial charge is 0.508 e. The first-order chi connectivity index (χ1) is 5.70. The van der Waals surface area contributed by atoms with Crippen LogP contribution in [0.15, 0.2) is 18.2 Å². The molecular formula is C9H9IO2. The summed E-state index contributed by atoms with van der Waals surface area (Å²) in [6.45, 7) is 0. The molecule has 0 aromatic heterocycles. The highest BCUT2D eigenvalue weighted by atomic mass is 127. The van der Waals surface area contributed by atoms with Crippen molar-refractivity contribution in [1.82, 2.24) is 0 Å². The van der Waals surface area contributed by atoms with Crippen molar-refractivity contribution < 1.29 is 10.2 Å². The monoisotopic (exact) mass is 276 g/mol. The molecule has 1 aliphatic rings. The van der Waals surface area contributed by atoms with E-state index in [0.717, 1.165) is 11.1 Å². The van der Waals surface area contributed by atoms with E-state index in [1.165, 1.54) is 0 Å². The maximum absolute atomic E-state index is 9.52. The van der Waals surface area contributed by atoms with E-state index >= 15 is 0 Å². The van der Waals surface area contributed by atoms with Gasteiger partial charge in [0.2, 0.25) is 0 Å². The Kier molecular flexibility index (Phi) is 2.00. The Hall–Kier alpha value is -0.290. The molecule has 2 rings (SSSR count). The molecule has 1 aromatic carbocycles. The van der Waals surface area contributed by atoms with E-state index in [9.17, 15) is 10.2 Å². The van der Waals surface area contributed by atoms with Gasteiger partial charge in [-0.05, 0) is 11.6 Å². The number of aromatic hydroxyl groups is 1. The van der Waals surface area contributed by atoms with Crippen molar-refractivity contribution in [1.29, 1.82) is 0 Å². The van der Waals surface area contributed by atoms with Gasteiger partial charge in [0.25, 0.3) is 0 Å². The van der Waals surface area contributed by atoms with Crippen LogP contribution in [0.3, 0.4) is 0 Å². The van der Waals surface area contributed by atoms with Crippen LogP contribution in [-0.2, 0) is 6.42 Å². The highest BCUT2D eigenvalue weighted by Gasteiger charge is 2.30. The zero-order valence-electron chi connectivity index (χ0n) is 6.37. The van der Waals surface area contributed by atoms with Crippen molar-refractivity contribution in [3.63, 3.8) is 0 Å². The number of benzene rings is 1. The van der Waals surface area contributed by atoms with Crippen molar-refractivity contribution in [3.05, 3.63) is 29.3 Å². The minimum absolute atomic E-state index is 0.129. The van der Waals surface area contributed by atoms with E-state index in [4.69, 9.17) is 0 Å². The van der Waals surface area contributed by atoms with Crippen molar-refractivity contribution in [2.75, 3.05) is 0 Å². The van der Waals surface area contributed by atoms with Crippen LogP contribution in [0, 0.1) is 0 Å². The average Bonchev–Trinajstić information content (AvgIpc) is 2.32. The Morgan fingerprint density at radius 2 is 2.17 bits per heavy atom. The molecule has 3 heteroatoms.